The zero-order chi connectivity index (χ0) is 16.2. The first-order valence-electron chi connectivity index (χ1n) is 7.37. The minimum atomic E-state index is -0.118. The fraction of sp³-hybridized carbons (Fsp3) is 0.412. The van der Waals surface area contributed by atoms with Crippen molar-refractivity contribution in [1.82, 2.24) is 5.32 Å². The molecule has 1 amide bonds. The van der Waals surface area contributed by atoms with Gasteiger partial charge in [-0.3, -0.25) is 9.79 Å². The van der Waals surface area contributed by atoms with Crippen LogP contribution in [0.4, 0.5) is 0 Å². The average molecular weight is 318 g/mol. The average Bonchev–Trinajstić information content (AvgIpc) is 2.79. The Labute approximate surface area is 135 Å². The number of carbonyl (C=O) groups excluding carboxylic acids is 1. The van der Waals surface area contributed by atoms with E-state index in [1.165, 1.54) is 17.3 Å². The minimum Gasteiger partial charge on any atom is -0.396 e. The number of carbonyl (C=O) groups is 1. The van der Waals surface area contributed by atoms with Gasteiger partial charge in [0.1, 0.15) is 0 Å². The molecular formula is C17H22N2O2S. The molecule has 1 fully saturated rings. The molecule has 1 aromatic rings. The van der Waals surface area contributed by atoms with E-state index in [1.54, 1.807) is 0 Å². The highest BCUT2D eigenvalue weighted by molar-refractivity contribution is 8.18. The summed E-state index contributed by atoms with van der Waals surface area (Å²) < 4.78 is 0. The van der Waals surface area contributed by atoms with E-state index in [0.717, 1.165) is 5.56 Å². The topological polar surface area (TPSA) is 61.7 Å². The lowest BCUT2D eigenvalue weighted by molar-refractivity contribution is -0.115. The molecule has 0 saturated carbocycles. The summed E-state index contributed by atoms with van der Waals surface area (Å²) >= 11 is 1.34. The van der Waals surface area contributed by atoms with E-state index in [4.69, 9.17) is 5.11 Å². The molecule has 0 radical (unpaired) electrons. The second-order valence-electron chi connectivity index (χ2n) is 6.20. The number of rotatable bonds is 4. The van der Waals surface area contributed by atoms with Crippen LogP contribution in [-0.4, -0.2) is 29.3 Å². The lowest BCUT2D eigenvalue weighted by Crippen LogP contribution is -2.20. The summed E-state index contributed by atoms with van der Waals surface area (Å²) in [5, 5.41) is 12.1. The molecule has 5 heteroatoms. The maximum absolute atomic E-state index is 11.9. The second kappa shape index (κ2) is 7.11. The number of hydrogen-bond acceptors (Lipinski definition) is 4. The third kappa shape index (κ3) is 4.45. The Bertz CT molecular complexity index is 598. The van der Waals surface area contributed by atoms with Crippen LogP contribution in [-0.2, 0) is 10.2 Å². The molecule has 1 saturated heterocycles. The van der Waals surface area contributed by atoms with Crippen molar-refractivity contribution in [2.24, 2.45) is 4.99 Å². The number of aliphatic hydroxyl groups is 1. The Morgan fingerprint density at radius 2 is 1.95 bits per heavy atom. The number of thioether (sulfide) groups is 1. The summed E-state index contributed by atoms with van der Waals surface area (Å²) in [6, 6.07) is 8.25. The van der Waals surface area contributed by atoms with Crippen molar-refractivity contribution in [2.75, 3.05) is 13.2 Å². The zero-order valence-corrected chi connectivity index (χ0v) is 14.0. The summed E-state index contributed by atoms with van der Waals surface area (Å²) in [5.41, 5.74) is 2.39. The summed E-state index contributed by atoms with van der Waals surface area (Å²) in [6.45, 7) is 7.16. The molecule has 1 heterocycles. The highest BCUT2D eigenvalue weighted by atomic mass is 32.2. The molecule has 0 bridgehead atoms. The third-order valence-electron chi connectivity index (χ3n) is 3.30. The number of benzene rings is 1. The van der Waals surface area contributed by atoms with Crippen molar-refractivity contribution in [1.29, 1.82) is 0 Å². The maximum Gasteiger partial charge on any atom is 0.264 e. The molecule has 4 nitrogen and oxygen atoms in total. The van der Waals surface area contributed by atoms with Crippen LogP contribution in [0.25, 0.3) is 6.08 Å². The molecule has 1 aliphatic heterocycles. The molecule has 22 heavy (non-hydrogen) atoms. The van der Waals surface area contributed by atoms with Crippen LogP contribution in [0.2, 0.25) is 0 Å². The molecule has 2 N–H and O–H groups in total. The van der Waals surface area contributed by atoms with Crippen LogP contribution >= 0.6 is 11.8 Å². The Morgan fingerprint density at radius 1 is 1.27 bits per heavy atom. The van der Waals surface area contributed by atoms with Gasteiger partial charge in [-0.05, 0) is 40.8 Å². The first-order chi connectivity index (χ1) is 10.4. The van der Waals surface area contributed by atoms with Gasteiger partial charge >= 0.3 is 0 Å². The largest absolute Gasteiger partial charge is 0.396 e. The van der Waals surface area contributed by atoms with Crippen LogP contribution in [0.5, 0.6) is 0 Å². The zero-order valence-electron chi connectivity index (χ0n) is 13.2. The summed E-state index contributed by atoms with van der Waals surface area (Å²) in [6.07, 6.45) is 2.48. The van der Waals surface area contributed by atoms with Crippen molar-refractivity contribution >= 4 is 28.9 Å². The van der Waals surface area contributed by atoms with E-state index < -0.39 is 0 Å². The van der Waals surface area contributed by atoms with E-state index >= 15 is 0 Å². The van der Waals surface area contributed by atoms with Crippen LogP contribution in [0.15, 0.2) is 34.2 Å². The lowest BCUT2D eigenvalue weighted by atomic mass is 9.87. The monoisotopic (exact) mass is 318 g/mol. The van der Waals surface area contributed by atoms with Gasteiger partial charge in [0.2, 0.25) is 0 Å². The predicted octanol–water partition coefficient (Wildman–Crippen LogP) is 2.93. The number of aliphatic hydroxyl groups excluding tert-OH is 1. The highest BCUT2D eigenvalue weighted by Gasteiger charge is 2.23. The van der Waals surface area contributed by atoms with Gasteiger partial charge in [-0.2, -0.15) is 0 Å². The number of aliphatic imine (C=N–C) groups is 1. The van der Waals surface area contributed by atoms with Crippen molar-refractivity contribution < 1.29 is 9.90 Å². The Kier molecular flexibility index (Phi) is 5.42. The number of amidine groups is 1. The van der Waals surface area contributed by atoms with Crippen LogP contribution < -0.4 is 5.32 Å². The van der Waals surface area contributed by atoms with Gasteiger partial charge in [0, 0.05) is 13.2 Å². The van der Waals surface area contributed by atoms with Crippen LogP contribution in [0.1, 0.15) is 38.3 Å². The van der Waals surface area contributed by atoms with E-state index in [-0.39, 0.29) is 17.9 Å². The molecule has 0 spiro atoms. The van der Waals surface area contributed by atoms with Gasteiger partial charge in [0.25, 0.3) is 5.91 Å². The number of hydrogen-bond donors (Lipinski definition) is 2. The van der Waals surface area contributed by atoms with Crippen molar-refractivity contribution in [2.45, 2.75) is 32.6 Å². The Hall–Kier alpha value is -1.59. The van der Waals surface area contributed by atoms with E-state index in [1.807, 2.05) is 18.2 Å². The molecule has 1 aliphatic rings. The predicted molar refractivity (Wildman–Crippen MR) is 92.9 cm³/mol. The first kappa shape index (κ1) is 16.8. The molecule has 0 unspecified atom stereocenters. The van der Waals surface area contributed by atoms with Crippen LogP contribution in [0, 0.1) is 0 Å². The molecular weight excluding hydrogens is 296 g/mol. The smallest absolute Gasteiger partial charge is 0.264 e. The second-order valence-corrected chi connectivity index (χ2v) is 7.23. The van der Waals surface area contributed by atoms with Gasteiger partial charge in [-0.25, -0.2) is 0 Å². The first-order valence-corrected chi connectivity index (χ1v) is 8.18. The van der Waals surface area contributed by atoms with Gasteiger partial charge < -0.3 is 10.4 Å². The molecule has 0 atom stereocenters. The standard InChI is InChI=1S/C17H22N2O2S/c1-17(2,3)13-7-5-12(6-8-13)11-14-15(21)19-16(22-14)18-9-4-10-20/h5-8,11,20H,4,9-10H2,1-3H3,(H,18,19,21)/b14-11-. The molecule has 1 aromatic carbocycles. The van der Waals surface area contributed by atoms with E-state index in [2.05, 4.69) is 43.2 Å². The van der Waals surface area contributed by atoms with Crippen molar-refractivity contribution in [3.8, 4) is 0 Å². The quantitative estimate of drug-likeness (QED) is 0.663. The van der Waals surface area contributed by atoms with E-state index in [9.17, 15) is 4.79 Å². The third-order valence-corrected chi connectivity index (χ3v) is 4.24. The Morgan fingerprint density at radius 3 is 2.55 bits per heavy atom. The van der Waals surface area contributed by atoms with Gasteiger partial charge in [-0.15, -0.1) is 0 Å². The fourth-order valence-electron chi connectivity index (χ4n) is 1.98. The lowest BCUT2D eigenvalue weighted by Gasteiger charge is -2.18. The molecule has 0 aromatic heterocycles. The molecule has 0 aliphatic carbocycles. The minimum absolute atomic E-state index is 0.109. The Balaban J connectivity index is 2.09. The fourth-order valence-corrected chi connectivity index (χ4v) is 2.83. The van der Waals surface area contributed by atoms with E-state index in [0.29, 0.717) is 23.0 Å². The summed E-state index contributed by atoms with van der Waals surface area (Å²) in [4.78, 5) is 16.8. The summed E-state index contributed by atoms with van der Waals surface area (Å²) in [5.74, 6) is -0.118. The highest BCUT2D eigenvalue weighted by Crippen LogP contribution is 2.27. The van der Waals surface area contributed by atoms with Crippen molar-refractivity contribution in [3.05, 3.63) is 40.3 Å². The maximum atomic E-state index is 11.9. The number of amides is 1. The molecule has 2 rings (SSSR count). The molecule has 118 valence electrons. The van der Waals surface area contributed by atoms with Gasteiger partial charge in [0.05, 0.1) is 4.91 Å². The van der Waals surface area contributed by atoms with Gasteiger partial charge in [0.15, 0.2) is 5.17 Å². The SMILES string of the molecule is CC(C)(C)c1ccc(/C=C2\SC(=NCCCO)NC2=O)cc1. The number of nitrogens with zero attached hydrogens (tertiary/aromatic N) is 1. The normalized spacial score (nSPS) is 19.0. The van der Waals surface area contributed by atoms with Crippen molar-refractivity contribution in [3.63, 3.8) is 0 Å². The summed E-state index contributed by atoms with van der Waals surface area (Å²) in [7, 11) is 0. The van der Waals surface area contributed by atoms with Crippen LogP contribution in [0.3, 0.4) is 0 Å². The number of nitrogens with one attached hydrogen (secondary N) is 1. The van der Waals surface area contributed by atoms with Gasteiger partial charge in [-0.1, -0.05) is 45.0 Å².